The zero-order valence-corrected chi connectivity index (χ0v) is 48.7. The summed E-state index contributed by atoms with van der Waals surface area (Å²) < 4.78 is 27.8. The van der Waals surface area contributed by atoms with Crippen molar-refractivity contribution in [2.75, 3.05) is 26.4 Å². The first-order chi connectivity index (χ1) is 32.0. The molecule has 4 aromatic carbocycles. The van der Waals surface area contributed by atoms with E-state index in [2.05, 4.69) is 201 Å². The van der Waals surface area contributed by atoms with Gasteiger partial charge in [-0.25, -0.2) is 0 Å². The second-order valence-electron chi connectivity index (χ2n) is 22.6. The minimum absolute atomic E-state index is 0.585. The van der Waals surface area contributed by atoms with Crippen LogP contribution in [0.25, 0.3) is 0 Å². The Morgan fingerprint density at radius 2 is 0.471 bits per heavy atom. The fourth-order valence-electron chi connectivity index (χ4n) is 7.77. The highest BCUT2D eigenvalue weighted by Crippen LogP contribution is 2.41. The summed E-state index contributed by atoms with van der Waals surface area (Å²) in [7, 11) is -6.90. The molecule has 0 heterocycles. The van der Waals surface area contributed by atoms with E-state index < -0.39 is 32.3 Å². The number of rotatable bonds is 12. The third-order valence-electron chi connectivity index (χ3n) is 10.6. The van der Waals surface area contributed by atoms with Gasteiger partial charge in [0, 0.05) is 92.4 Å². The molecular weight excluding hydrogens is 897 g/mol. The first-order valence-corrected chi connectivity index (χ1v) is 39.2. The highest BCUT2D eigenvalue weighted by atomic mass is 28.3. The molecule has 0 saturated heterocycles. The van der Waals surface area contributed by atoms with Crippen LogP contribution in [-0.2, 0) is 25.7 Å². The van der Waals surface area contributed by atoms with Crippen molar-refractivity contribution >= 4 is 32.3 Å². The molecule has 0 fully saturated rings. The third-order valence-corrected chi connectivity index (χ3v) is 14.1. The van der Waals surface area contributed by atoms with E-state index >= 15 is 0 Å². The molecule has 0 spiro atoms. The largest absolute Gasteiger partial charge is 0.493 e. The van der Waals surface area contributed by atoms with Crippen LogP contribution in [0.5, 0.6) is 23.0 Å². The summed E-state index contributed by atoms with van der Waals surface area (Å²) in [5, 5.41) is 0. The fourth-order valence-corrected chi connectivity index (χ4v) is 9.85. The number of hydrogen-bond donors (Lipinski definition) is 0. The van der Waals surface area contributed by atoms with E-state index in [0.29, 0.717) is 52.1 Å². The molecule has 0 unspecified atom stereocenters. The van der Waals surface area contributed by atoms with Crippen LogP contribution in [0, 0.1) is 45.9 Å². The van der Waals surface area contributed by atoms with E-state index in [1.54, 1.807) is 0 Å². The van der Waals surface area contributed by atoms with Gasteiger partial charge in [0.2, 0.25) is 0 Å². The van der Waals surface area contributed by atoms with Crippen molar-refractivity contribution in [3.63, 3.8) is 0 Å². The highest BCUT2D eigenvalue weighted by molar-refractivity contribution is 6.85. The predicted molar refractivity (Wildman–Crippen MR) is 301 cm³/mol. The minimum atomic E-state index is -1.73. The molecule has 0 aliphatic heterocycles. The smallest absolute Gasteiger partial charge is 0.129 e. The van der Waals surface area contributed by atoms with Crippen LogP contribution in [0.4, 0.5) is 0 Å². The van der Waals surface area contributed by atoms with Gasteiger partial charge in [-0.3, -0.25) is 0 Å². The van der Waals surface area contributed by atoms with Crippen LogP contribution in [0.1, 0.15) is 120 Å². The van der Waals surface area contributed by atoms with Gasteiger partial charge in [0.25, 0.3) is 0 Å². The maximum absolute atomic E-state index is 6.95. The van der Waals surface area contributed by atoms with E-state index in [-0.39, 0.29) is 0 Å². The van der Waals surface area contributed by atoms with Gasteiger partial charge in [0.1, 0.15) is 55.3 Å². The van der Waals surface area contributed by atoms with Gasteiger partial charge in [0.15, 0.2) is 0 Å². The van der Waals surface area contributed by atoms with Gasteiger partial charge in [-0.15, -0.1) is 22.2 Å². The Labute approximate surface area is 417 Å². The number of ether oxygens (including phenoxy) is 4. The highest BCUT2D eigenvalue weighted by Gasteiger charge is 2.25. The molecule has 0 aromatic heterocycles. The molecule has 0 saturated carbocycles. The first kappa shape index (κ1) is 54.1. The molecule has 4 nitrogen and oxygen atoms in total. The van der Waals surface area contributed by atoms with Gasteiger partial charge in [-0.05, 0) is 74.2 Å². The lowest BCUT2D eigenvalue weighted by atomic mass is 9.88. The van der Waals surface area contributed by atoms with Crippen LogP contribution >= 0.6 is 0 Å². The summed E-state index contributed by atoms with van der Waals surface area (Å²) in [6, 6.07) is 18.2. The zero-order valence-electron chi connectivity index (χ0n) is 44.7. The summed E-state index contributed by atoms with van der Waals surface area (Å²) >= 11 is 0. The maximum atomic E-state index is 6.95. The van der Waals surface area contributed by atoms with Crippen molar-refractivity contribution in [2.24, 2.45) is 0 Å². The fraction of sp³-hybridized carbons (Fsp3) is 0.467. The van der Waals surface area contributed by atoms with Gasteiger partial charge in [0.05, 0.1) is 26.4 Å². The molecular formula is C60H80O4Si4. The van der Waals surface area contributed by atoms with Crippen LogP contribution in [0.15, 0.2) is 48.5 Å². The zero-order chi connectivity index (χ0) is 49.9. The summed E-state index contributed by atoms with van der Waals surface area (Å²) in [5.41, 5.74) is 27.5. The normalized spacial score (nSPS) is 12.5. The Morgan fingerprint density at radius 1 is 0.309 bits per heavy atom. The van der Waals surface area contributed by atoms with E-state index in [0.717, 1.165) is 115 Å². The van der Waals surface area contributed by atoms with Gasteiger partial charge < -0.3 is 18.9 Å². The van der Waals surface area contributed by atoms with Crippen LogP contribution in [0.2, 0.25) is 78.6 Å². The van der Waals surface area contributed by atoms with Crippen molar-refractivity contribution in [1.29, 1.82) is 0 Å². The Morgan fingerprint density at radius 3 is 0.603 bits per heavy atom. The summed E-state index contributed by atoms with van der Waals surface area (Å²) in [6.07, 6.45) is 5.87. The molecule has 8 heteroatoms. The lowest BCUT2D eigenvalue weighted by molar-refractivity contribution is 0.304. The molecule has 1 aliphatic carbocycles. The van der Waals surface area contributed by atoms with Crippen molar-refractivity contribution in [3.8, 4) is 68.9 Å². The lowest BCUT2D eigenvalue weighted by Crippen LogP contribution is -2.16. The topological polar surface area (TPSA) is 36.9 Å². The van der Waals surface area contributed by atoms with Gasteiger partial charge >= 0.3 is 0 Å². The van der Waals surface area contributed by atoms with Crippen molar-refractivity contribution in [2.45, 2.75) is 158 Å². The minimum Gasteiger partial charge on any atom is -0.493 e. The Hall–Kier alpha value is -4.81. The molecule has 0 atom stereocenters. The standard InChI is InChI=1S/C60H80O4Si4/c1-17-25-61-57-49-33-45(21-29-65(5,6)7)34-50(57)42-52-36-47(23-31-67(11,12)13)38-54(59(52)63-27-19-3)44-56-40-48(24-32-68(14,15)16)39-55(60(56)64-28-20-4)43-53-37-46(22-30-66(8,9)10)35-51(41-49)58(53)62-26-18-2/h33-40H,17-20,25-28,41-44H2,1-16H3. The van der Waals surface area contributed by atoms with Crippen LogP contribution < -0.4 is 18.9 Å². The van der Waals surface area contributed by atoms with E-state index in [9.17, 15) is 0 Å². The maximum Gasteiger partial charge on any atom is 0.129 e. The molecule has 4 aromatic rings. The van der Waals surface area contributed by atoms with Crippen molar-refractivity contribution < 1.29 is 18.9 Å². The molecule has 0 amide bonds. The van der Waals surface area contributed by atoms with Crippen molar-refractivity contribution in [1.82, 2.24) is 0 Å². The Kier molecular flexibility index (Phi) is 18.8. The summed E-state index contributed by atoms with van der Waals surface area (Å²) in [6.45, 7) is 38.7. The van der Waals surface area contributed by atoms with Crippen molar-refractivity contribution in [3.05, 3.63) is 115 Å². The third kappa shape index (κ3) is 16.7. The first-order valence-electron chi connectivity index (χ1n) is 25.2. The average Bonchev–Trinajstić information content (AvgIpc) is 3.23. The Bertz CT molecular complexity index is 2230. The summed E-state index contributed by atoms with van der Waals surface area (Å²) in [4.78, 5) is 0. The number of fused-ring (bicyclic) bond motifs is 8. The van der Waals surface area contributed by atoms with Crippen LogP contribution in [-0.4, -0.2) is 58.7 Å². The quantitative estimate of drug-likeness (QED) is 0.0922. The molecule has 0 radical (unpaired) electrons. The van der Waals surface area contributed by atoms with Gasteiger partial charge in [-0.1, -0.05) is 130 Å². The second kappa shape index (κ2) is 23.7. The number of hydrogen-bond acceptors (Lipinski definition) is 4. The van der Waals surface area contributed by atoms with Crippen LogP contribution in [0.3, 0.4) is 0 Å². The number of benzene rings is 4. The lowest BCUT2D eigenvalue weighted by Gasteiger charge is -2.24. The molecule has 8 bridgehead atoms. The molecule has 0 N–H and O–H groups in total. The summed E-state index contributed by atoms with van der Waals surface area (Å²) in [5.74, 6) is 18.3. The SMILES string of the molecule is CCCOc1c2cc(C#C[Si](C)(C)C)cc1Cc1cc(C#C[Si](C)(C)C)cc(c1OCCC)Cc1cc(C#C[Si](C)(C)C)cc(c1OCCC)Cc1cc(C#C[Si](C)(C)C)cc(c1OCCC)C2. The monoisotopic (exact) mass is 977 g/mol. The molecule has 360 valence electrons. The second-order valence-corrected chi connectivity index (χ2v) is 41.6. The van der Waals surface area contributed by atoms with Gasteiger partial charge in [-0.2, -0.15) is 0 Å². The Balaban J connectivity index is 2.04. The predicted octanol–water partition coefficient (Wildman–Crippen LogP) is 14.4. The van der Waals surface area contributed by atoms with E-state index in [1.165, 1.54) is 0 Å². The molecule has 1 aliphatic rings. The van der Waals surface area contributed by atoms with E-state index in [1.807, 2.05) is 0 Å². The molecule has 68 heavy (non-hydrogen) atoms. The van der Waals surface area contributed by atoms with E-state index in [4.69, 9.17) is 18.9 Å². The average molecular weight is 978 g/mol. The molecule has 5 rings (SSSR count).